The maximum Gasteiger partial charge on any atom is 0.143 e. The number of benzene rings is 1. The lowest BCUT2D eigenvalue weighted by atomic mass is 10.1. The van der Waals surface area contributed by atoms with Gasteiger partial charge in [0.25, 0.3) is 0 Å². The molecule has 14 heavy (non-hydrogen) atoms. The average Bonchev–Trinajstić information content (AvgIpc) is 2.87. The van der Waals surface area contributed by atoms with E-state index in [4.69, 9.17) is 11.6 Å². The minimum atomic E-state index is -0.363. The smallest absolute Gasteiger partial charge is 0.143 e. The van der Waals surface area contributed by atoms with Gasteiger partial charge in [-0.1, -0.05) is 18.5 Å². The molecule has 76 valence electrons. The van der Waals surface area contributed by atoms with Crippen molar-refractivity contribution in [3.05, 3.63) is 29.0 Å². The summed E-state index contributed by atoms with van der Waals surface area (Å²) in [5.41, 5.74) is 1.23. The molecule has 0 aromatic heterocycles. The van der Waals surface area contributed by atoms with Crippen molar-refractivity contribution < 1.29 is 4.39 Å². The normalized spacial score (nSPS) is 17.9. The van der Waals surface area contributed by atoms with Crippen molar-refractivity contribution in [1.82, 2.24) is 0 Å². The zero-order valence-electron chi connectivity index (χ0n) is 8.11. The van der Waals surface area contributed by atoms with Gasteiger partial charge in [0.1, 0.15) is 5.82 Å². The van der Waals surface area contributed by atoms with Crippen molar-refractivity contribution in [2.75, 3.05) is 11.9 Å². The highest BCUT2D eigenvalue weighted by atomic mass is 35.5. The minimum Gasteiger partial charge on any atom is -0.384 e. The first kappa shape index (κ1) is 9.78. The number of anilines is 1. The van der Waals surface area contributed by atoms with Gasteiger partial charge in [-0.3, -0.25) is 0 Å². The molecule has 0 amide bonds. The minimum absolute atomic E-state index is 0.174. The Balaban J connectivity index is 1.99. The molecule has 0 radical (unpaired) electrons. The van der Waals surface area contributed by atoms with Crippen LogP contribution in [0.15, 0.2) is 18.2 Å². The highest BCUT2D eigenvalue weighted by Crippen LogP contribution is 2.44. The summed E-state index contributed by atoms with van der Waals surface area (Å²) in [7, 11) is 0. The van der Waals surface area contributed by atoms with Crippen LogP contribution in [0.25, 0.3) is 0 Å². The van der Waals surface area contributed by atoms with Crippen LogP contribution in [0.1, 0.15) is 19.8 Å². The van der Waals surface area contributed by atoms with Crippen LogP contribution in [0.4, 0.5) is 10.1 Å². The maximum absolute atomic E-state index is 13.0. The predicted molar refractivity (Wildman–Crippen MR) is 57.2 cm³/mol. The summed E-state index contributed by atoms with van der Waals surface area (Å²) in [5.74, 6) is -0.363. The Morgan fingerprint density at radius 3 is 2.79 bits per heavy atom. The van der Waals surface area contributed by atoms with E-state index >= 15 is 0 Å². The molecule has 3 heteroatoms. The Morgan fingerprint density at radius 1 is 1.50 bits per heavy atom. The Morgan fingerprint density at radius 2 is 2.21 bits per heavy atom. The fraction of sp³-hybridized carbons (Fsp3) is 0.455. The third kappa shape index (κ3) is 2.18. The summed E-state index contributed by atoms with van der Waals surface area (Å²) in [6.07, 6.45) is 2.52. The Kier molecular flexibility index (Phi) is 2.40. The number of nitrogens with one attached hydrogen (secondary N) is 1. The molecule has 0 heterocycles. The van der Waals surface area contributed by atoms with Crippen molar-refractivity contribution >= 4 is 17.3 Å². The van der Waals surface area contributed by atoms with Crippen LogP contribution in [0.5, 0.6) is 0 Å². The van der Waals surface area contributed by atoms with Crippen LogP contribution in [0.3, 0.4) is 0 Å². The summed E-state index contributed by atoms with van der Waals surface area (Å²) in [5, 5.41) is 3.39. The summed E-state index contributed by atoms with van der Waals surface area (Å²) in [6, 6.07) is 4.82. The summed E-state index contributed by atoms with van der Waals surface area (Å²) >= 11 is 5.58. The van der Waals surface area contributed by atoms with Gasteiger partial charge in [0.05, 0.1) is 5.02 Å². The van der Waals surface area contributed by atoms with Crippen molar-refractivity contribution in [1.29, 1.82) is 0 Å². The molecule has 1 fully saturated rings. The molecule has 0 saturated heterocycles. The summed E-state index contributed by atoms with van der Waals surface area (Å²) in [4.78, 5) is 0. The highest BCUT2D eigenvalue weighted by Gasteiger charge is 2.36. The van der Waals surface area contributed by atoms with E-state index in [2.05, 4.69) is 12.2 Å². The first-order valence-corrected chi connectivity index (χ1v) is 5.16. The van der Waals surface area contributed by atoms with Crippen LogP contribution >= 0.6 is 11.6 Å². The molecule has 0 bridgehead atoms. The van der Waals surface area contributed by atoms with Gasteiger partial charge in [-0.05, 0) is 36.5 Å². The number of halogens is 2. The van der Waals surface area contributed by atoms with Gasteiger partial charge in [-0.15, -0.1) is 0 Å². The van der Waals surface area contributed by atoms with Crippen LogP contribution in [-0.4, -0.2) is 6.54 Å². The van der Waals surface area contributed by atoms with E-state index in [9.17, 15) is 4.39 Å². The van der Waals surface area contributed by atoms with E-state index in [1.807, 2.05) is 0 Å². The van der Waals surface area contributed by atoms with Crippen molar-refractivity contribution in [3.63, 3.8) is 0 Å². The summed E-state index contributed by atoms with van der Waals surface area (Å²) in [6.45, 7) is 3.14. The second-order valence-electron chi connectivity index (χ2n) is 4.29. The molecular formula is C11H13ClFN. The quantitative estimate of drug-likeness (QED) is 0.808. The van der Waals surface area contributed by atoms with Crippen molar-refractivity contribution in [2.24, 2.45) is 5.41 Å². The average molecular weight is 214 g/mol. The molecule has 2 rings (SSSR count). The maximum atomic E-state index is 13.0. The molecule has 1 aromatic carbocycles. The van der Waals surface area contributed by atoms with Crippen LogP contribution < -0.4 is 5.32 Å². The van der Waals surface area contributed by atoms with Gasteiger partial charge in [-0.25, -0.2) is 4.39 Å². The van der Waals surface area contributed by atoms with E-state index in [-0.39, 0.29) is 10.8 Å². The van der Waals surface area contributed by atoms with Crippen molar-refractivity contribution in [3.8, 4) is 0 Å². The monoisotopic (exact) mass is 213 g/mol. The molecule has 1 nitrogen and oxygen atoms in total. The van der Waals surface area contributed by atoms with Crippen molar-refractivity contribution in [2.45, 2.75) is 19.8 Å². The lowest BCUT2D eigenvalue weighted by molar-refractivity contribution is 0.607. The van der Waals surface area contributed by atoms with Gasteiger partial charge in [0.15, 0.2) is 0 Å². The largest absolute Gasteiger partial charge is 0.384 e. The van der Waals surface area contributed by atoms with Gasteiger partial charge >= 0.3 is 0 Å². The predicted octanol–water partition coefficient (Wildman–Crippen LogP) is 3.69. The third-order valence-electron chi connectivity index (χ3n) is 2.74. The molecule has 1 aliphatic rings. The molecular weight excluding hydrogens is 201 g/mol. The van der Waals surface area contributed by atoms with Gasteiger partial charge < -0.3 is 5.32 Å². The Hall–Kier alpha value is -0.760. The fourth-order valence-corrected chi connectivity index (χ4v) is 1.43. The summed E-state index contributed by atoms with van der Waals surface area (Å²) < 4.78 is 13.0. The lowest BCUT2D eigenvalue weighted by Gasteiger charge is -2.11. The number of hydrogen-bond donors (Lipinski definition) is 1. The number of hydrogen-bond acceptors (Lipinski definition) is 1. The third-order valence-corrected chi connectivity index (χ3v) is 3.05. The van der Waals surface area contributed by atoms with E-state index in [1.54, 1.807) is 12.1 Å². The molecule has 1 aromatic rings. The molecule has 0 unspecified atom stereocenters. The molecule has 1 N–H and O–H groups in total. The first-order chi connectivity index (χ1) is 6.59. The standard InChI is InChI=1S/C11H13ClFN/c1-11(4-5-11)7-14-8-2-3-9(12)10(13)6-8/h2-3,6,14H,4-5,7H2,1H3. The topological polar surface area (TPSA) is 12.0 Å². The van der Waals surface area contributed by atoms with Crippen LogP contribution in [0.2, 0.25) is 5.02 Å². The second kappa shape index (κ2) is 3.43. The molecule has 1 saturated carbocycles. The molecule has 1 aliphatic carbocycles. The van der Waals surface area contributed by atoms with E-state index in [0.29, 0.717) is 5.41 Å². The first-order valence-electron chi connectivity index (χ1n) is 4.78. The highest BCUT2D eigenvalue weighted by molar-refractivity contribution is 6.30. The van der Waals surface area contributed by atoms with E-state index < -0.39 is 0 Å². The lowest BCUT2D eigenvalue weighted by Crippen LogP contribution is -2.11. The zero-order chi connectivity index (χ0) is 10.2. The van der Waals surface area contributed by atoms with Crippen LogP contribution in [-0.2, 0) is 0 Å². The zero-order valence-corrected chi connectivity index (χ0v) is 8.87. The van der Waals surface area contributed by atoms with E-state index in [0.717, 1.165) is 12.2 Å². The SMILES string of the molecule is CC1(CNc2ccc(Cl)c(F)c2)CC1. The molecule has 0 aliphatic heterocycles. The Bertz CT molecular complexity index is 347. The Labute approximate surface area is 88.3 Å². The van der Waals surface area contributed by atoms with Gasteiger partial charge in [-0.2, -0.15) is 0 Å². The van der Waals surface area contributed by atoms with Gasteiger partial charge in [0, 0.05) is 12.2 Å². The van der Waals surface area contributed by atoms with Crippen LogP contribution in [0, 0.1) is 11.2 Å². The van der Waals surface area contributed by atoms with Gasteiger partial charge in [0.2, 0.25) is 0 Å². The molecule has 0 spiro atoms. The van der Waals surface area contributed by atoms with E-state index in [1.165, 1.54) is 18.9 Å². The molecule has 0 atom stereocenters. The second-order valence-corrected chi connectivity index (χ2v) is 4.70. The fourth-order valence-electron chi connectivity index (χ4n) is 1.31. The number of rotatable bonds is 3.